The van der Waals surface area contributed by atoms with Gasteiger partial charge in [0.25, 0.3) is 5.91 Å². The Balaban J connectivity index is 1.71. The lowest BCUT2D eigenvalue weighted by atomic mass is 10.0. The molecule has 0 unspecified atom stereocenters. The van der Waals surface area contributed by atoms with Crippen molar-refractivity contribution in [3.05, 3.63) is 76.7 Å². The predicted octanol–water partition coefficient (Wildman–Crippen LogP) is 2.94. The number of ether oxygens (including phenoxy) is 2. The lowest BCUT2D eigenvalue weighted by Gasteiger charge is -2.13. The summed E-state index contributed by atoms with van der Waals surface area (Å²) in [5, 5.41) is 3.15. The van der Waals surface area contributed by atoms with Crippen LogP contribution in [-0.4, -0.2) is 36.5 Å². The van der Waals surface area contributed by atoms with E-state index >= 15 is 0 Å². The quantitative estimate of drug-likeness (QED) is 0.628. The van der Waals surface area contributed by atoms with Crippen LogP contribution in [0.2, 0.25) is 0 Å². The predicted molar refractivity (Wildman–Crippen MR) is 106 cm³/mol. The van der Waals surface area contributed by atoms with E-state index in [0.29, 0.717) is 11.1 Å². The summed E-state index contributed by atoms with van der Waals surface area (Å²) in [5.41, 5.74) is 1.88. The number of carbonyl (C=O) groups excluding carboxylic acids is 3. The minimum absolute atomic E-state index is 0.0857. The molecular weight excluding hydrogens is 391 g/mol. The van der Waals surface area contributed by atoms with Gasteiger partial charge < -0.3 is 14.8 Å². The van der Waals surface area contributed by atoms with Gasteiger partial charge >= 0.3 is 11.9 Å². The number of nitrogens with zero attached hydrogens (tertiary/aromatic N) is 1. The number of hydrogen-bond acceptors (Lipinski definition) is 6. The number of carbonyl (C=O) groups is 3. The molecule has 1 N–H and O–H groups in total. The van der Waals surface area contributed by atoms with Crippen molar-refractivity contribution in [3.63, 3.8) is 0 Å². The molecule has 2 aromatic carbocycles. The average Bonchev–Trinajstić information content (AvgIpc) is 2.75. The normalized spacial score (nSPS) is 10.5. The van der Waals surface area contributed by atoms with Crippen LogP contribution < -0.4 is 5.32 Å². The van der Waals surface area contributed by atoms with Crippen LogP contribution in [0, 0.1) is 12.7 Å². The first-order chi connectivity index (χ1) is 14.4. The summed E-state index contributed by atoms with van der Waals surface area (Å²) >= 11 is 0. The number of fused-ring (bicyclic) bond motifs is 1. The summed E-state index contributed by atoms with van der Waals surface area (Å²) in [6.45, 7) is 1.07. The molecule has 7 nitrogen and oxygen atoms in total. The minimum atomic E-state index is -0.733. The van der Waals surface area contributed by atoms with Crippen molar-refractivity contribution < 1.29 is 28.2 Å². The van der Waals surface area contributed by atoms with Crippen LogP contribution in [0.25, 0.3) is 10.9 Å². The van der Waals surface area contributed by atoms with Gasteiger partial charge in [0.05, 0.1) is 23.9 Å². The first-order valence-electron chi connectivity index (χ1n) is 9.06. The van der Waals surface area contributed by atoms with E-state index in [0.717, 1.165) is 11.5 Å². The molecule has 1 amide bonds. The van der Waals surface area contributed by atoms with Crippen molar-refractivity contribution >= 4 is 28.7 Å². The molecule has 0 bridgehead atoms. The molecule has 0 atom stereocenters. The van der Waals surface area contributed by atoms with E-state index in [1.54, 1.807) is 13.0 Å². The molecule has 0 fully saturated rings. The minimum Gasteiger partial charge on any atom is -0.465 e. The molecule has 30 heavy (non-hydrogen) atoms. The molecule has 0 aliphatic rings. The van der Waals surface area contributed by atoms with Crippen LogP contribution in [0.3, 0.4) is 0 Å². The SMILES string of the molecule is COC(=O)c1c(COC(=O)CNC(=O)c2cccc(F)c2)nc2ccccc2c1C. The lowest BCUT2D eigenvalue weighted by Crippen LogP contribution is -2.30. The van der Waals surface area contributed by atoms with Crippen LogP contribution in [0.15, 0.2) is 48.5 Å². The molecule has 1 heterocycles. The number of methoxy groups -OCH3 is 1. The number of aryl methyl sites for hydroxylation is 1. The van der Waals surface area contributed by atoms with Crippen LogP contribution in [0.1, 0.15) is 32.0 Å². The van der Waals surface area contributed by atoms with Gasteiger partial charge in [0.15, 0.2) is 0 Å². The first kappa shape index (κ1) is 20.9. The molecule has 0 radical (unpaired) electrons. The van der Waals surface area contributed by atoms with Crippen molar-refractivity contribution in [1.82, 2.24) is 10.3 Å². The number of benzene rings is 2. The van der Waals surface area contributed by atoms with Gasteiger partial charge in [-0.2, -0.15) is 0 Å². The van der Waals surface area contributed by atoms with Crippen LogP contribution in [0.5, 0.6) is 0 Å². The Morgan fingerprint density at radius 2 is 1.87 bits per heavy atom. The van der Waals surface area contributed by atoms with Gasteiger partial charge in [-0.3, -0.25) is 9.59 Å². The Bertz CT molecular complexity index is 1130. The number of para-hydroxylation sites is 1. The van der Waals surface area contributed by atoms with E-state index in [-0.39, 0.29) is 23.4 Å². The Morgan fingerprint density at radius 3 is 2.60 bits per heavy atom. The molecule has 3 aromatic rings. The van der Waals surface area contributed by atoms with E-state index in [2.05, 4.69) is 10.3 Å². The second-order valence-electron chi connectivity index (χ2n) is 6.42. The maximum Gasteiger partial charge on any atom is 0.340 e. The van der Waals surface area contributed by atoms with Crippen molar-refractivity contribution in [2.24, 2.45) is 0 Å². The number of hydrogen-bond donors (Lipinski definition) is 1. The first-order valence-corrected chi connectivity index (χ1v) is 9.06. The summed E-state index contributed by atoms with van der Waals surface area (Å²) in [5.74, 6) is -2.49. The second kappa shape index (κ2) is 9.13. The standard InChI is InChI=1S/C22H19FN2O5/c1-13-16-8-3-4-9-17(16)25-18(20(13)22(28)29-2)12-30-19(26)11-24-21(27)14-6-5-7-15(23)10-14/h3-10H,11-12H2,1-2H3,(H,24,27). The Morgan fingerprint density at radius 1 is 1.10 bits per heavy atom. The summed E-state index contributed by atoms with van der Waals surface area (Å²) in [6.07, 6.45) is 0. The van der Waals surface area contributed by atoms with Gasteiger partial charge in [0.2, 0.25) is 0 Å². The summed E-state index contributed by atoms with van der Waals surface area (Å²) < 4.78 is 23.2. The zero-order valence-electron chi connectivity index (χ0n) is 16.4. The number of esters is 2. The van der Waals surface area contributed by atoms with Crippen molar-refractivity contribution in [1.29, 1.82) is 0 Å². The fourth-order valence-corrected chi connectivity index (χ4v) is 3.00. The van der Waals surface area contributed by atoms with Gasteiger partial charge in [-0.1, -0.05) is 24.3 Å². The highest BCUT2D eigenvalue weighted by Gasteiger charge is 2.20. The van der Waals surface area contributed by atoms with Crippen molar-refractivity contribution in [2.45, 2.75) is 13.5 Å². The van der Waals surface area contributed by atoms with Crippen molar-refractivity contribution in [3.8, 4) is 0 Å². The topological polar surface area (TPSA) is 94.6 Å². The molecule has 0 saturated heterocycles. The zero-order valence-corrected chi connectivity index (χ0v) is 16.4. The Hall–Kier alpha value is -3.81. The van der Waals surface area contributed by atoms with E-state index < -0.39 is 30.2 Å². The van der Waals surface area contributed by atoms with E-state index in [1.807, 2.05) is 18.2 Å². The molecule has 8 heteroatoms. The average molecular weight is 410 g/mol. The highest BCUT2D eigenvalue weighted by atomic mass is 19.1. The maximum atomic E-state index is 13.2. The molecule has 0 spiro atoms. The maximum absolute atomic E-state index is 13.2. The molecule has 0 saturated carbocycles. The number of halogens is 1. The van der Waals surface area contributed by atoms with Crippen LogP contribution in [-0.2, 0) is 20.9 Å². The molecule has 0 aliphatic heterocycles. The number of rotatable bonds is 6. The monoisotopic (exact) mass is 410 g/mol. The third-order valence-corrected chi connectivity index (χ3v) is 4.47. The summed E-state index contributed by atoms with van der Waals surface area (Å²) in [4.78, 5) is 40.7. The largest absolute Gasteiger partial charge is 0.465 e. The lowest BCUT2D eigenvalue weighted by molar-refractivity contribution is -0.143. The molecule has 0 aliphatic carbocycles. The van der Waals surface area contributed by atoms with E-state index in [1.165, 1.54) is 25.3 Å². The second-order valence-corrected chi connectivity index (χ2v) is 6.42. The van der Waals surface area contributed by atoms with Gasteiger partial charge in [0, 0.05) is 10.9 Å². The zero-order chi connectivity index (χ0) is 21.7. The van der Waals surface area contributed by atoms with Gasteiger partial charge in [-0.25, -0.2) is 14.2 Å². The van der Waals surface area contributed by atoms with Crippen molar-refractivity contribution in [2.75, 3.05) is 13.7 Å². The van der Waals surface area contributed by atoms with Gasteiger partial charge in [0.1, 0.15) is 19.0 Å². The van der Waals surface area contributed by atoms with E-state index in [9.17, 15) is 18.8 Å². The smallest absolute Gasteiger partial charge is 0.340 e. The molecule has 154 valence electrons. The number of pyridine rings is 1. The highest BCUT2D eigenvalue weighted by Crippen LogP contribution is 2.24. The fourth-order valence-electron chi connectivity index (χ4n) is 3.00. The third-order valence-electron chi connectivity index (χ3n) is 4.47. The van der Waals surface area contributed by atoms with E-state index in [4.69, 9.17) is 9.47 Å². The Kier molecular flexibility index (Phi) is 6.36. The van der Waals surface area contributed by atoms with Crippen LogP contribution in [0.4, 0.5) is 4.39 Å². The van der Waals surface area contributed by atoms with Gasteiger partial charge in [-0.15, -0.1) is 0 Å². The number of aromatic nitrogens is 1. The van der Waals surface area contributed by atoms with Gasteiger partial charge in [-0.05, 0) is 36.8 Å². The summed E-state index contributed by atoms with van der Waals surface area (Å²) in [6, 6.07) is 12.4. The number of nitrogens with one attached hydrogen (secondary N) is 1. The Labute approximate surface area is 171 Å². The molecule has 3 rings (SSSR count). The summed E-state index contributed by atoms with van der Waals surface area (Å²) in [7, 11) is 1.26. The molecule has 1 aromatic heterocycles. The van der Waals surface area contributed by atoms with Crippen LogP contribution >= 0.6 is 0 Å². The highest BCUT2D eigenvalue weighted by molar-refractivity contribution is 5.98. The molecular formula is C22H19FN2O5. The third kappa shape index (κ3) is 4.60. The fraction of sp³-hybridized carbons (Fsp3) is 0.182. The number of amides is 1.